The monoisotopic (exact) mass is 276 g/mol. The molecule has 4 nitrogen and oxygen atoms in total. The van der Waals surface area contributed by atoms with Gasteiger partial charge in [-0.05, 0) is 38.6 Å². The van der Waals surface area contributed by atoms with Crippen LogP contribution in [-0.2, 0) is 9.53 Å². The Morgan fingerprint density at radius 1 is 1.39 bits per heavy atom. The summed E-state index contributed by atoms with van der Waals surface area (Å²) in [6.07, 6.45) is 6.08. The Balaban J connectivity index is 0.00000162. The Morgan fingerprint density at radius 3 is 2.61 bits per heavy atom. The third-order valence-electron chi connectivity index (χ3n) is 4.06. The smallest absolute Gasteiger partial charge is 0.248 e. The van der Waals surface area contributed by atoms with Crippen LogP contribution in [-0.4, -0.2) is 42.6 Å². The van der Waals surface area contributed by atoms with Crippen molar-refractivity contribution in [2.24, 2.45) is 11.7 Å². The molecule has 2 rings (SSSR count). The first kappa shape index (κ1) is 15.7. The van der Waals surface area contributed by atoms with Crippen LogP contribution >= 0.6 is 12.4 Å². The molecule has 1 amide bonds. The predicted octanol–water partition coefficient (Wildman–Crippen LogP) is 1.56. The van der Waals surface area contributed by atoms with Gasteiger partial charge in [-0.3, -0.25) is 4.79 Å². The fourth-order valence-electron chi connectivity index (χ4n) is 2.99. The maximum atomic E-state index is 12.0. The molecule has 0 aromatic heterocycles. The number of likely N-dealkylation sites (tertiary alicyclic amines) is 1. The lowest BCUT2D eigenvalue weighted by atomic mass is 10.1. The molecule has 1 heterocycles. The second-order valence-corrected chi connectivity index (χ2v) is 5.45. The van der Waals surface area contributed by atoms with Crippen LogP contribution in [0.15, 0.2) is 0 Å². The average Bonchev–Trinajstić information content (AvgIpc) is 2.94. The van der Waals surface area contributed by atoms with Gasteiger partial charge < -0.3 is 15.4 Å². The van der Waals surface area contributed by atoms with E-state index in [9.17, 15) is 4.79 Å². The van der Waals surface area contributed by atoms with Crippen LogP contribution in [0.5, 0.6) is 0 Å². The Kier molecular flexibility index (Phi) is 6.39. The molecule has 0 aromatic rings. The van der Waals surface area contributed by atoms with Gasteiger partial charge in [0.15, 0.2) is 0 Å². The number of amides is 1. The van der Waals surface area contributed by atoms with E-state index >= 15 is 0 Å². The van der Waals surface area contributed by atoms with Crippen molar-refractivity contribution in [2.45, 2.75) is 51.2 Å². The highest BCUT2D eigenvalue weighted by Gasteiger charge is 2.31. The topological polar surface area (TPSA) is 55.6 Å². The van der Waals surface area contributed by atoms with Gasteiger partial charge in [0.25, 0.3) is 0 Å². The number of ether oxygens (including phenoxy) is 1. The largest absolute Gasteiger partial charge is 0.368 e. The molecule has 1 saturated heterocycles. The van der Waals surface area contributed by atoms with Crippen molar-refractivity contribution >= 4 is 18.3 Å². The van der Waals surface area contributed by atoms with Gasteiger partial charge in [-0.2, -0.15) is 0 Å². The second-order valence-electron chi connectivity index (χ2n) is 5.45. The minimum absolute atomic E-state index is 0. The van der Waals surface area contributed by atoms with Crippen molar-refractivity contribution < 1.29 is 9.53 Å². The van der Waals surface area contributed by atoms with E-state index in [1.165, 1.54) is 12.8 Å². The molecule has 18 heavy (non-hydrogen) atoms. The van der Waals surface area contributed by atoms with E-state index in [2.05, 4.69) is 6.92 Å². The normalized spacial score (nSPS) is 28.4. The fourth-order valence-corrected chi connectivity index (χ4v) is 2.99. The van der Waals surface area contributed by atoms with Gasteiger partial charge in [0.1, 0.15) is 6.61 Å². The quantitative estimate of drug-likeness (QED) is 0.848. The zero-order valence-corrected chi connectivity index (χ0v) is 12.0. The zero-order chi connectivity index (χ0) is 12.3. The van der Waals surface area contributed by atoms with E-state index in [-0.39, 0.29) is 24.9 Å². The van der Waals surface area contributed by atoms with Gasteiger partial charge in [-0.25, -0.2) is 0 Å². The summed E-state index contributed by atoms with van der Waals surface area (Å²) in [5.74, 6) is 0.612. The number of carbonyl (C=O) groups is 1. The van der Waals surface area contributed by atoms with E-state index < -0.39 is 0 Å². The third-order valence-corrected chi connectivity index (χ3v) is 4.06. The summed E-state index contributed by atoms with van der Waals surface area (Å²) >= 11 is 0. The Hall–Kier alpha value is -0.320. The maximum absolute atomic E-state index is 12.0. The van der Waals surface area contributed by atoms with Crippen LogP contribution in [0.4, 0.5) is 0 Å². The zero-order valence-electron chi connectivity index (χ0n) is 11.1. The first-order chi connectivity index (χ1) is 8.20. The fraction of sp³-hybridized carbons (Fsp3) is 0.923. The highest BCUT2D eigenvalue weighted by molar-refractivity contribution is 5.85. The van der Waals surface area contributed by atoms with Crippen molar-refractivity contribution in [3.05, 3.63) is 0 Å². The number of nitrogens with two attached hydrogens (primary N) is 1. The van der Waals surface area contributed by atoms with Gasteiger partial charge in [-0.15, -0.1) is 12.4 Å². The summed E-state index contributed by atoms with van der Waals surface area (Å²) in [5, 5.41) is 0. The van der Waals surface area contributed by atoms with Crippen molar-refractivity contribution in [1.82, 2.24) is 4.90 Å². The molecular formula is C13H25ClN2O2. The summed E-state index contributed by atoms with van der Waals surface area (Å²) < 4.78 is 5.67. The summed E-state index contributed by atoms with van der Waals surface area (Å²) in [7, 11) is 0. The molecule has 1 saturated carbocycles. The van der Waals surface area contributed by atoms with Gasteiger partial charge in [-0.1, -0.05) is 12.8 Å². The van der Waals surface area contributed by atoms with E-state index in [0.29, 0.717) is 24.6 Å². The molecule has 2 fully saturated rings. The van der Waals surface area contributed by atoms with Crippen LogP contribution in [0.3, 0.4) is 0 Å². The highest BCUT2D eigenvalue weighted by Crippen LogP contribution is 2.24. The van der Waals surface area contributed by atoms with E-state index in [4.69, 9.17) is 10.5 Å². The lowest BCUT2D eigenvalue weighted by Gasteiger charge is -2.22. The molecule has 1 aliphatic carbocycles. The molecule has 0 aromatic carbocycles. The lowest BCUT2D eigenvalue weighted by molar-refractivity contribution is -0.138. The average molecular weight is 277 g/mol. The van der Waals surface area contributed by atoms with Gasteiger partial charge >= 0.3 is 0 Å². The van der Waals surface area contributed by atoms with E-state index in [1.54, 1.807) is 0 Å². The van der Waals surface area contributed by atoms with Crippen molar-refractivity contribution in [3.8, 4) is 0 Å². The molecular weight excluding hydrogens is 252 g/mol. The summed E-state index contributed by atoms with van der Waals surface area (Å²) in [6, 6.07) is 0.322. The number of hydrogen-bond acceptors (Lipinski definition) is 3. The third kappa shape index (κ3) is 3.84. The summed E-state index contributed by atoms with van der Waals surface area (Å²) in [5.41, 5.74) is 5.66. The molecule has 2 atom stereocenters. The van der Waals surface area contributed by atoms with Crippen LogP contribution in [0.2, 0.25) is 0 Å². The minimum atomic E-state index is 0. The molecule has 1 aliphatic heterocycles. The summed E-state index contributed by atoms with van der Waals surface area (Å²) in [6.45, 7) is 3.84. The minimum Gasteiger partial charge on any atom is -0.368 e. The second kappa shape index (κ2) is 7.31. The molecule has 2 aliphatic rings. The lowest BCUT2D eigenvalue weighted by Crippen LogP contribution is -2.37. The molecule has 2 N–H and O–H groups in total. The van der Waals surface area contributed by atoms with Crippen LogP contribution in [0.25, 0.3) is 0 Å². The highest BCUT2D eigenvalue weighted by atomic mass is 35.5. The van der Waals surface area contributed by atoms with Crippen LogP contribution in [0, 0.1) is 5.92 Å². The maximum Gasteiger partial charge on any atom is 0.248 e. The Labute approximate surface area is 116 Å². The first-order valence-electron chi connectivity index (χ1n) is 6.82. The first-order valence-corrected chi connectivity index (χ1v) is 6.82. The molecule has 0 radical (unpaired) electrons. The number of halogens is 1. The van der Waals surface area contributed by atoms with Gasteiger partial charge in [0.2, 0.25) is 5.91 Å². The van der Waals surface area contributed by atoms with Crippen molar-refractivity contribution in [1.29, 1.82) is 0 Å². The molecule has 0 spiro atoms. The van der Waals surface area contributed by atoms with E-state index in [0.717, 1.165) is 25.8 Å². The van der Waals surface area contributed by atoms with Crippen molar-refractivity contribution in [3.63, 3.8) is 0 Å². The molecule has 5 heteroatoms. The number of hydrogen-bond donors (Lipinski definition) is 1. The number of rotatable bonds is 4. The molecule has 106 valence electrons. The standard InChI is InChI=1S/C13H24N2O2.ClH/c1-10-6-11(7-14)8-15(10)13(16)9-17-12-4-2-3-5-12;/h10-12H,2-9,14H2,1H3;1H. The number of nitrogens with zero attached hydrogens (tertiary/aromatic N) is 1. The van der Waals surface area contributed by atoms with Crippen LogP contribution in [0.1, 0.15) is 39.0 Å². The molecule has 0 bridgehead atoms. The summed E-state index contributed by atoms with van der Waals surface area (Å²) in [4.78, 5) is 14.0. The SMILES string of the molecule is CC1CC(CN)CN1C(=O)COC1CCCC1.Cl. The number of carbonyl (C=O) groups excluding carboxylic acids is 1. The van der Waals surface area contributed by atoms with Gasteiger partial charge in [0.05, 0.1) is 6.10 Å². The van der Waals surface area contributed by atoms with Crippen LogP contribution < -0.4 is 5.73 Å². The van der Waals surface area contributed by atoms with E-state index in [1.807, 2.05) is 4.90 Å². The van der Waals surface area contributed by atoms with Crippen molar-refractivity contribution in [2.75, 3.05) is 19.7 Å². The Morgan fingerprint density at radius 2 is 2.06 bits per heavy atom. The predicted molar refractivity (Wildman–Crippen MR) is 73.8 cm³/mol. The van der Waals surface area contributed by atoms with Gasteiger partial charge in [0, 0.05) is 12.6 Å². The molecule has 2 unspecified atom stereocenters. The Bertz CT molecular complexity index is 270.